The van der Waals surface area contributed by atoms with Crippen molar-refractivity contribution < 1.29 is 14.7 Å². The quantitative estimate of drug-likeness (QED) is 0.705. The Morgan fingerprint density at radius 2 is 2.21 bits per heavy atom. The molecular weight excluding hydrogens is 246 g/mol. The van der Waals surface area contributed by atoms with Crippen molar-refractivity contribution in [1.82, 2.24) is 5.32 Å². The maximum absolute atomic E-state index is 11.5. The van der Waals surface area contributed by atoms with Crippen molar-refractivity contribution in [2.24, 2.45) is 5.10 Å². The van der Waals surface area contributed by atoms with Crippen molar-refractivity contribution in [3.8, 4) is 0 Å². The third kappa shape index (κ3) is 3.54. The Hall–Kier alpha value is -2.37. The second-order valence-corrected chi connectivity index (χ2v) is 4.26. The molecule has 19 heavy (non-hydrogen) atoms. The molecule has 1 aliphatic rings. The number of carboxylic acids is 1. The van der Waals surface area contributed by atoms with Crippen LogP contribution < -0.4 is 10.7 Å². The molecular formula is C13H15N3O3. The molecule has 6 nitrogen and oxygen atoms in total. The van der Waals surface area contributed by atoms with Crippen LogP contribution in [0.1, 0.15) is 18.4 Å². The highest BCUT2D eigenvalue weighted by molar-refractivity contribution is 6.39. The highest BCUT2D eigenvalue weighted by Crippen LogP contribution is 2.16. The highest BCUT2D eigenvalue weighted by Gasteiger charge is 2.16. The van der Waals surface area contributed by atoms with E-state index < -0.39 is 5.97 Å². The van der Waals surface area contributed by atoms with E-state index in [1.165, 1.54) is 0 Å². The number of nitrogens with one attached hydrogen (secondary N) is 2. The Kier molecular flexibility index (Phi) is 4.12. The van der Waals surface area contributed by atoms with Gasteiger partial charge in [-0.3, -0.25) is 15.0 Å². The number of rotatable bonds is 4. The predicted octanol–water partition coefficient (Wildman–Crippen LogP) is 0.992. The van der Waals surface area contributed by atoms with Crippen LogP contribution in [0.5, 0.6) is 0 Å². The van der Waals surface area contributed by atoms with E-state index in [4.69, 9.17) is 5.11 Å². The van der Waals surface area contributed by atoms with Gasteiger partial charge in [0, 0.05) is 6.54 Å². The average Bonchev–Trinajstić information content (AvgIpc) is 2.39. The average molecular weight is 261 g/mol. The summed E-state index contributed by atoms with van der Waals surface area (Å²) in [5.74, 6) is -1.08. The minimum absolute atomic E-state index is 0.0831. The molecule has 0 atom stereocenters. The number of carboxylic acid groups (broad SMARTS) is 1. The van der Waals surface area contributed by atoms with Crippen molar-refractivity contribution >= 4 is 23.3 Å². The van der Waals surface area contributed by atoms with Crippen LogP contribution in [0.4, 0.5) is 5.69 Å². The molecule has 3 N–H and O–H groups in total. The zero-order chi connectivity index (χ0) is 13.7. The molecule has 0 spiro atoms. The lowest BCUT2D eigenvalue weighted by Gasteiger charge is -2.14. The van der Waals surface area contributed by atoms with Gasteiger partial charge >= 0.3 is 5.97 Å². The molecule has 0 unspecified atom stereocenters. The van der Waals surface area contributed by atoms with E-state index in [1.54, 1.807) is 24.3 Å². The van der Waals surface area contributed by atoms with Gasteiger partial charge in [-0.2, -0.15) is 5.10 Å². The van der Waals surface area contributed by atoms with E-state index in [-0.39, 0.29) is 12.3 Å². The maximum atomic E-state index is 11.5. The van der Waals surface area contributed by atoms with Crippen LogP contribution in [0.25, 0.3) is 0 Å². The number of hydrazone groups is 1. The second-order valence-electron chi connectivity index (χ2n) is 4.26. The summed E-state index contributed by atoms with van der Waals surface area (Å²) in [6.45, 7) is 0.674. The molecule has 1 saturated heterocycles. The molecule has 1 fully saturated rings. The molecule has 0 aromatic heterocycles. The van der Waals surface area contributed by atoms with E-state index >= 15 is 0 Å². The van der Waals surface area contributed by atoms with Crippen molar-refractivity contribution in [3.05, 3.63) is 29.8 Å². The molecule has 1 aromatic rings. The molecule has 1 aromatic carbocycles. The molecule has 0 aliphatic carbocycles. The third-order valence-corrected chi connectivity index (χ3v) is 2.81. The van der Waals surface area contributed by atoms with E-state index in [1.807, 2.05) is 0 Å². The summed E-state index contributed by atoms with van der Waals surface area (Å²) in [6.07, 6.45) is 1.41. The first-order chi connectivity index (χ1) is 9.16. The summed E-state index contributed by atoms with van der Waals surface area (Å²) in [5.41, 5.74) is 4.47. The Morgan fingerprint density at radius 3 is 2.95 bits per heavy atom. The number of piperidine rings is 1. The molecule has 1 amide bonds. The second kappa shape index (κ2) is 5.99. The van der Waals surface area contributed by atoms with E-state index in [9.17, 15) is 9.59 Å². The van der Waals surface area contributed by atoms with Gasteiger partial charge in [0.2, 0.25) is 0 Å². The molecule has 2 rings (SSSR count). The number of nitrogens with zero attached hydrogens (tertiary/aromatic N) is 1. The summed E-state index contributed by atoms with van der Waals surface area (Å²) in [5, 5.41) is 15.6. The number of benzene rings is 1. The standard InChI is InChI=1S/C13H15N3O3/c17-12(18)8-9-4-1-2-5-10(9)15-16-11-6-3-7-14-13(11)19/h1-2,4-5,15H,3,6-8H2,(H,14,19)(H,17,18)/b16-11+. The van der Waals surface area contributed by atoms with Crippen LogP contribution in [0, 0.1) is 0 Å². The van der Waals surface area contributed by atoms with Crippen molar-refractivity contribution in [2.75, 3.05) is 12.0 Å². The van der Waals surface area contributed by atoms with Crippen LogP contribution in [0.2, 0.25) is 0 Å². The first-order valence-electron chi connectivity index (χ1n) is 6.07. The zero-order valence-corrected chi connectivity index (χ0v) is 10.3. The number of aliphatic carboxylic acids is 1. The van der Waals surface area contributed by atoms with Crippen LogP contribution >= 0.6 is 0 Å². The maximum Gasteiger partial charge on any atom is 0.307 e. The van der Waals surface area contributed by atoms with Gasteiger partial charge in [-0.1, -0.05) is 18.2 Å². The SMILES string of the molecule is O=C(O)Cc1ccccc1N/N=C1\CCCNC1=O. The summed E-state index contributed by atoms with van der Waals surface area (Å²) < 4.78 is 0. The molecule has 6 heteroatoms. The molecule has 0 radical (unpaired) electrons. The molecule has 1 aliphatic heterocycles. The van der Waals surface area contributed by atoms with Crippen molar-refractivity contribution in [2.45, 2.75) is 19.3 Å². The molecule has 0 bridgehead atoms. The van der Waals surface area contributed by atoms with E-state index in [2.05, 4.69) is 15.8 Å². The van der Waals surface area contributed by atoms with Crippen LogP contribution in [-0.4, -0.2) is 29.2 Å². The topological polar surface area (TPSA) is 90.8 Å². The molecule has 0 saturated carbocycles. The zero-order valence-electron chi connectivity index (χ0n) is 10.3. The Bertz CT molecular complexity index is 526. The summed E-state index contributed by atoms with van der Waals surface area (Å²) in [4.78, 5) is 22.3. The lowest BCUT2D eigenvalue weighted by atomic mass is 10.1. The monoisotopic (exact) mass is 261 g/mol. The minimum atomic E-state index is -0.905. The Balaban J connectivity index is 2.12. The normalized spacial score (nSPS) is 17.1. The Labute approximate surface area is 110 Å². The van der Waals surface area contributed by atoms with Gasteiger partial charge in [0.25, 0.3) is 5.91 Å². The van der Waals surface area contributed by atoms with Gasteiger partial charge in [-0.15, -0.1) is 0 Å². The number of carbonyl (C=O) groups excluding carboxylic acids is 1. The Morgan fingerprint density at radius 1 is 1.42 bits per heavy atom. The van der Waals surface area contributed by atoms with Gasteiger partial charge in [0.1, 0.15) is 5.71 Å². The molecule has 1 heterocycles. The van der Waals surface area contributed by atoms with Crippen LogP contribution in [0.15, 0.2) is 29.4 Å². The van der Waals surface area contributed by atoms with Gasteiger partial charge in [-0.05, 0) is 24.5 Å². The lowest BCUT2D eigenvalue weighted by Crippen LogP contribution is -2.37. The van der Waals surface area contributed by atoms with Crippen molar-refractivity contribution in [3.63, 3.8) is 0 Å². The number of para-hydroxylation sites is 1. The van der Waals surface area contributed by atoms with Gasteiger partial charge < -0.3 is 10.4 Å². The number of hydrogen-bond acceptors (Lipinski definition) is 4. The summed E-state index contributed by atoms with van der Waals surface area (Å²) >= 11 is 0. The first-order valence-corrected chi connectivity index (χ1v) is 6.07. The fraction of sp³-hybridized carbons (Fsp3) is 0.308. The minimum Gasteiger partial charge on any atom is -0.481 e. The largest absolute Gasteiger partial charge is 0.481 e. The number of carbonyl (C=O) groups is 2. The third-order valence-electron chi connectivity index (χ3n) is 2.81. The van der Waals surface area contributed by atoms with E-state index in [0.29, 0.717) is 29.9 Å². The predicted molar refractivity (Wildman–Crippen MR) is 71.1 cm³/mol. The highest BCUT2D eigenvalue weighted by atomic mass is 16.4. The summed E-state index contributed by atoms with van der Waals surface area (Å²) in [7, 11) is 0. The smallest absolute Gasteiger partial charge is 0.307 e. The number of anilines is 1. The molecule has 100 valence electrons. The van der Waals surface area contributed by atoms with Crippen LogP contribution in [-0.2, 0) is 16.0 Å². The van der Waals surface area contributed by atoms with E-state index in [0.717, 1.165) is 6.42 Å². The fourth-order valence-electron chi connectivity index (χ4n) is 1.85. The van der Waals surface area contributed by atoms with Gasteiger partial charge in [0.05, 0.1) is 12.1 Å². The fourth-order valence-corrected chi connectivity index (χ4v) is 1.85. The van der Waals surface area contributed by atoms with Gasteiger partial charge in [0.15, 0.2) is 0 Å². The summed E-state index contributed by atoms with van der Waals surface area (Å²) in [6, 6.07) is 7.01. The number of amides is 1. The lowest BCUT2D eigenvalue weighted by molar-refractivity contribution is -0.136. The van der Waals surface area contributed by atoms with Gasteiger partial charge in [-0.25, -0.2) is 0 Å². The van der Waals surface area contributed by atoms with Crippen molar-refractivity contribution in [1.29, 1.82) is 0 Å². The van der Waals surface area contributed by atoms with Crippen LogP contribution in [0.3, 0.4) is 0 Å². The number of hydrogen-bond donors (Lipinski definition) is 3. The first kappa shape index (κ1) is 13.1.